The SMILES string of the molecule is [2H]c1c([2H])c([2H])c2c(sc3c([2H])c(-c4nc(-c5ccccc5)nc(-c5cccc(-c6ccccc6)c5)n4)c([2H])c([2H])c32)c1-c1cccc2sc3ccccc3c12. The van der Waals surface area contributed by atoms with Crippen LogP contribution in [0.3, 0.4) is 0 Å². The smallest absolute Gasteiger partial charge is 0.164 e. The van der Waals surface area contributed by atoms with E-state index >= 15 is 0 Å². The first kappa shape index (κ1) is 23.4. The minimum Gasteiger partial charge on any atom is -0.208 e. The fourth-order valence-corrected chi connectivity index (χ4v) is 8.77. The third kappa shape index (κ3) is 4.90. The van der Waals surface area contributed by atoms with Gasteiger partial charge in [0.1, 0.15) is 0 Å². The van der Waals surface area contributed by atoms with Gasteiger partial charge < -0.3 is 0 Å². The zero-order chi connectivity index (χ0) is 38.2. The lowest BCUT2D eigenvalue weighted by molar-refractivity contribution is 1.07. The van der Waals surface area contributed by atoms with E-state index in [0.29, 0.717) is 32.0 Å². The summed E-state index contributed by atoms with van der Waals surface area (Å²) in [6, 6.07) is 40.3. The van der Waals surface area contributed by atoms with Crippen LogP contribution in [0.15, 0.2) is 164 Å². The van der Waals surface area contributed by atoms with Gasteiger partial charge in [-0.1, -0.05) is 139 Å². The second-order valence-corrected chi connectivity index (χ2v) is 14.0. The van der Waals surface area contributed by atoms with Crippen LogP contribution in [0.2, 0.25) is 0 Å². The van der Waals surface area contributed by atoms with E-state index in [1.807, 2.05) is 115 Å². The number of aromatic nitrogens is 3. The number of thiophene rings is 2. The monoisotopic (exact) mass is 679 g/mol. The van der Waals surface area contributed by atoms with Crippen LogP contribution in [-0.2, 0) is 0 Å². The number of benzene rings is 7. The summed E-state index contributed by atoms with van der Waals surface area (Å²) in [7, 11) is 0. The van der Waals surface area contributed by atoms with E-state index in [-0.39, 0.29) is 53.0 Å². The number of fused-ring (bicyclic) bond motifs is 6. The number of hydrogen-bond acceptors (Lipinski definition) is 5. The third-order valence-electron chi connectivity index (χ3n) is 8.85. The lowest BCUT2D eigenvalue weighted by Crippen LogP contribution is -2.00. The summed E-state index contributed by atoms with van der Waals surface area (Å²) in [5.74, 6) is 0.810. The van der Waals surface area contributed by atoms with Crippen molar-refractivity contribution in [3.8, 4) is 56.4 Å². The Hall–Kier alpha value is -6.01. The molecule has 50 heavy (non-hydrogen) atoms. The van der Waals surface area contributed by atoms with Crippen LogP contribution >= 0.6 is 22.7 Å². The molecule has 0 aliphatic heterocycles. The average molecular weight is 680 g/mol. The van der Waals surface area contributed by atoms with E-state index in [1.54, 1.807) is 11.3 Å². The van der Waals surface area contributed by atoms with Gasteiger partial charge in [0.15, 0.2) is 17.5 Å². The summed E-state index contributed by atoms with van der Waals surface area (Å²) < 4.78 is 58.8. The molecular formula is C45H27N3S2. The van der Waals surface area contributed by atoms with Gasteiger partial charge in [-0.05, 0) is 40.9 Å². The predicted molar refractivity (Wildman–Crippen MR) is 213 cm³/mol. The van der Waals surface area contributed by atoms with E-state index in [0.717, 1.165) is 48.0 Å². The molecule has 10 rings (SSSR count). The molecule has 0 saturated carbocycles. The molecule has 234 valence electrons. The van der Waals surface area contributed by atoms with Crippen molar-refractivity contribution < 1.29 is 8.22 Å². The summed E-state index contributed by atoms with van der Waals surface area (Å²) in [5, 5.41) is 2.54. The van der Waals surface area contributed by atoms with Crippen LogP contribution < -0.4 is 0 Å². The maximum absolute atomic E-state index is 9.66. The van der Waals surface area contributed by atoms with Gasteiger partial charge in [0.25, 0.3) is 0 Å². The Morgan fingerprint density at radius 1 is 0.420 bits per heavy atom. The molecule has 7 aromatic carbocycles. The Morgan fingerprint density at radius 3 is 1.92 bits per heavy atom. The summed E-state index contributed by atoms with van der Waals surface area (Å²) >= 11 is 2.87. The van der Waals surface area contributed by atoms with Crippen molar-refractivity contribution in [2.75, 3.05) is 0 Å². The standard InChI is InChI=1S/C45H27N3S2/c1-3-12-28(13-4-1)30-16-9-17-31(26-30)44-46-43(29-14-5-2-6-15-29)47-45(48-44)32-24-25-33-35-20-10-21-36(42(35)50-40(33)27-32)34-19-11-23-39-41(34)37-18-7-8-22-38(37)49-39/h1-27H/i10D,20D,21D,24D,25D,27D. The molecule has 0 fully saturated rings. The Balaban J connectivity index is 1.24. The molecule has 3 aromatic heterocycles. The predicted octanol–water partition coefficient (Wildman–Crippen LogP) is 12.9. The fraction of sp³-hybridized carbons (Fsp3) is 0. The quantitative estimate of drug-likeness (QED) is 0.182. The van der Waals surface area contributed by atoms with E-state index in [2.05, 4.69) is 12.1 Å². The van der Waals surface area contributed by atoms with Crippen LogP contribution in [0.1, 0.15) is 8.22 Å². The minimum atomic E-state index is -0.266. The van der Waals surface area contributed by atoms with Gasteiger partial charge >= 0.3 is 0 Å². The molecule has 0 spiro atoms. The van der Waals surface area contributed by atoms with Gasteiger partial charge in [-0.2, -0.15) is 0 Å². The molecule has 3 nitrogen and oxygen atoms in total. The number of nitrogens with zero attached hydrogens (tertiary/aromatic N) is 3. The zero-order valence-corrected chi connectivity index (χ0v) is 27.9. The van der Waals surface area contributed by atoms with E-state index in [1.165, 1.54) is 11.3 Å². The van der Waals surface area contributed by atoms with Crippen molar-refractivity contribution in [2.45, 2.75) is 0 Å². The van der Waals surface area contributed by atoms with Gasteiger partial charge in [0, 0.05) is 62.6 Å². The molecule has 0 unspecified atom stereocenters. The molecule has 0 radical (unpaired) electrons. The maximum atomic E-state index is 9.66. The van der Waals surface area contributed by atoms with E-state index in [9.17, 15) is 5.48 Å². The van der Waals surface area contributed by atoms with Crippen LogP contribution in [0.5, 0.6) is 0 Å². The van der Waals surface area contributed by atoms with Gasteiger partial charge in [0.05, 0.1) is 8.22 Å². The van der Waals surface area contributed by atoms with Crippen molar-refractivity contribution in [3.63, 3.8) is 0 Å². The lowest BCUT2D eigenvalue weighted by Gasteiger charge is -2.10. The number of hydrogen-bond donors (Lipinski definition) is 0. The van der Waals surface area contributed by atoms with Crippen molar-refractivity contribution in [2.24, 2.45) is 0 Å². The molecular weight excluding hydrogens is 647 g/mol. The topological polar surface area (TPSA) is 38.7 Å². The van der Waals surface area contributed by atoms with Crippen molar-refractivity contribution in [1.82, 2.24) is 15.0 Å². The first-order valence-corrected chi connectivity index (χ1v) is 17.8. The Kier molecular flexibility index (Phi) is 5.54. The molecule has 0 aliphatic rings. The molecule has 3 heterocycles. The molecule has 10 aromatic rings. The molecule has 0 N–H and O–H groups in total. The van der Waals surface area contributed by atoms with Crippen LogP contribution in [0.4, 0.5) is 0 Å². The molecule has 0 amide bonds. The molecule has 0 saturated heterocycles. The average Bonchev–Trinajstić information content (AvgIpc) is 3.83. The first-order valence-electron chi connectivity index (χ1n) is 19.1. The van der Waals surface area contributed by atoms with Gasteiger partial charge in [-0.3, -0.25) is 0 Å². The van der Waals surface area contributed by atoms with Crippen molar-refractivity contribution in [3.05, 3.63) is 164 Å². The highest BCUT2D eigenvalue weighted by Crippen LogP contribution is 2.45. The van der Waals surface area contributed by atoms with Crippen LogP contribution in [-0.4, -0.2) is 15.0 Å². The fourth-order valence-electron chi connectivity index (χ4n) is 6.50. The normalized spacial score (nSPS) is 13.3. The zero-order valence-electron chi connectivity index (χ0n) is 32.3. The Bertz CT molecular complexity index is 3220. The van der Waals surface area contributed by atoms with E-state index in [4.69, 9.17) is 17.7 Å². The van der Waals surface area contributed by atoms with Crippen molar-refractivity contribution >= 4 is 63.0 Å². The van der Waals surface area contributed by atoms with Crippen molar-refractivity contribution in [1.29, 1.82) is 0 Å². The summed E-state index contributed by atoms with van der Waals surface area (Å²) in [6.07, 6.45) is 0. The maximum Gasteiger partial charge on any atom is 0.164 e. The van der Waals surface area contributed by atoms with E-state index < -0.39 is 0 Å². The minimum absolute atomic E-state index is 0.0565. The van der Waals surface area contributed by atoms with Crippen LogP contribution in [0.25, 0.3) is 96.8 Å². The Labute approximate surface area is 305 Å². The molecule has 0 bridgehead atoms. The van der Waals surface area contributed by atoms with Gasteiger partial charge in [-0.15, -0.1) is 22.7 Å². The summed E-state index contributed by atoms with van der Waals surface area (Å²) in [5.41, 5.74) is 4.78. The van der Waals surface area contributed by atoms with Gasteiger partial charge in [0.2, 0.25) is 0 Å². The molecule has 5 heteroatoms. The second-order valence-electron chi connectivity index (χ2n) is 11.9. The second kappa shape index (κ2) is 11.8. The largest absolute Gasteiger partial charge is 0.208 e. The summed E-state index contributed by atoms with van der Waals surface area (Å²) in [6.45, 7) is 0. The Morgan fingerprint density at radius 2 is 1.08 bits per heavy atom. The highest BCUT2D eigenvalue weighted by atomic mass is 32.1. The summed E-state index contributed by atoms with van der Waals surface area (Å²) in [4.78, 5) is 14.6. The highest BCUT2D eigenvalue weighted by molar-refractivity contribution is 7.26. The molecule has 0 atom stereocenters. The number of rotatable bonds is 5. The lowest BCUT2D eigenvalue weighted by atomic mass is 9.98. The van der Waals surface area contributed by atoms with Crippen LogP contribution in [0, 0.1) is 0 Å². The third-order valence-corrected chi connectivity index (χ3v) is 11.1. The highest BCUT2D eigenvalue weighted by Gasteiger charge is 2.17. The molecule has 0 aliphatic carbocycles. The first-order chi connectivity index (χ1) is 27.3. The van der Waals surface area contributed by atoms with Gasteiger partial charge in [-0.25, -0.2) is 15.0 Å².